The largest absolute Gasteiger partial charge is 0.481 e. The maximum absolute atomic E-state index is 10.3. The van der Waals surface area contributed by atoms with Crippen molar-refractivity contribution in [3.05, 3.63) is 24.3 Å². The fourth-order valence-electron chi connectivity index (χ4n) is 1.40. The highest BCUT2D eigenvalue weighted by Gasteiger charge is 2.14. The van der Waals surface area contributed by atoms with Gasteiger partial charge in [-0.2, -0.15) is 0 Å². The van der Waals surface area contributed by atoms with E-state index in [2.05, 4.69) is 6.58 Å². The third-order valence-electron chi connectivity index (χ3n) is 2.23. The first-order chi connectivity index (χ1) is 7.45. The van der Waals surface area contributed by atoms with Gasteiger partial charge in [-0.05, 0) is 26.2 Å². The molecule has 16 heavy (non-hydrogen) atoms. The van der Waals surface area contributed by atoms with Gasteiger partial charge in [-0.25, -0.2) is 0 Å². The number of aliphatic carboxylic acids is 1. The molecule has 0 amide bonds. The maximum Gasteiger partial charge on any atom is 0.305 e. The molecule has 0 aromatic heterocycles. The normalized spacial score (nSPS) is 15.6. The van der Waals surface area contributed by atoms with E-state index in [0.717, 1.165) is 5.57 Å². The standard InChI is InChI=1S/C12H20O4/c1-3-4-9(2)5-6-10(13)7-11(14)8-12(15)16/h3-4,10-11,13-14H,1,5-8H2,2H3,(H,15,16)/b9-4+. The van der Waals surface area contributed by atoms with Crippen molar-refractivity contribution < 1.29 is 20.1 Å². The Morgan fingerprint density at radius 3 is 2.50 bits per heavy atom. The Morgan fingerprint density at radius 1 is 1.38 bits per heavy atom. The lowest BCUT2D eigenvalue weighted by atomic mass is 10.0. The van der Waals surface area contributed by atoms with Crippen LogP contribution in [-0.2, 0) is 4.79 Å². The zero-order chi connectivity index (χ0) is 12.6. The second kappa shape index (κ2) is 8.07. The summed E-state index contributed by atoms with van der Waals surface area (Å²) in [5, 5.41) is 27.3. The molecule has 0 aliphatic rings. The Balaban J connectivity index is 3.81. The van der Waals surface area contributed by atoms with Crippen LogP contribution >= 0.6 is 0 Å². The number of carbonyl (C=O) groups is 1. The summed E-state index contributed by atoms with van der Waals surface area (Å²) in [7, 11) is 0. The molecule has 0 radical (unpaired) electrons. The van der Waals surface area contributed by atoms with E-state index in [9.17, 15) is 15.0 Å². The lowest BCUT2D eigenvalue weighted by molar-refractivity contribution is -0.139. The Hall–Kier alpha value is -1.13. The topological polar surface area (TPSA) is 77.8 Å². The number of carboxylic acid groups (broad SMARTS) is 1. The molecule has 0 heterocycles. The number of aliphatic hydroxyl groups is 2. The van der Waals surface area contributed by atoms with Crippen molar-refractivity contribution in [2.75, 3.05) is 0 Å². The van der Waals surface area contributed by atoms with E-state index in [0.29, 0.717) is 12.8 Å². The van der Waals surface area contributed by atoms with Crippen molar-refractivity contribution in [2.24, 2.45) is 0 Å². The number of carboxylic acids is 1. The van der Waals surface area contributed by atoms with Gasteiger partial charge in [0.1, 0.15) is 0 Å². The summed E-state index contributed by atoms with van der Waals surface area (Å²) in [5.41, 5.74) is 1.10. The van der Waals surface area contributed by atoms with E-state index in [4.69, 9.17) is 5.11 Å². The monoisotopic (exact) mass is 228 g/mol. The average Bonchev–Trinajstić information content (AvgIpc) is 2.13. The maximum atomic E-state index is 10.3. The van der Waals surface area contributed by atoms with Crippen LogP contribution in [0.15, 0.2) is 24.3 Å². The molecule has 0 fully saturated rings. The molecule has 92 valence electrons. The van der Waals surface area contributed by atoms with Crippen LogP contribution in [-0.4, -0.2) is 33.5 Å². The molecule has 0 aromatic rings. The lowest BCUT2D eigenvalue weighted by Gasteiger charge is -2.14. The predicted molar refractivity (Wildman–Crippen MR) is 62.1 cm³/mol. The summed E-state index contributed by atoms with van der Waals surface area (Å²) in [6.45, 7) is 5.50. The van der Waals surface area contributed by atoms with Gasteiger partial charge in [0, 0.05) is 0 Å². The minimum atomic E-state index is -1.05. The zero-order valence-corrected chi connectivity index (χ0v) is 9.59. The second-order valence-electron chi connectivity index (χ2n) is 3.93. The summed E-state index contributed by atoms with van der Waals surface area (Å²) in [5.74, 6) is -1.05. The smallest absolute Gasteiger partial charge is 0.305 e. The summed E-state index contributed by atoms with van der Waals surface area (Å²) < 4.78 is 0. The molecule has 0 aliphatic heterocycles. The molecule has 0 aliphatic carbocycles. The van der Waals surface area contributed by atoms with Gasteiger partial charge in [-0.1, -0.05) is 24.3 Å². The zero-order valence-electron chi connectivity index (χ0n) is 9.59. The van der Waals surface area contributed by atoms with Crippen molar-refractivity contribution in [1.29, 1.82) is 0 Å². The van der Waals surface area contributed by atoms with Crippen LogP contribution in [0.5, 0.6) is 0 Å². The van der Waals surface area contributed by atoms with E-state index in [1.165, 1.54) is 0 Å². The summed E-state index contributed by atoms with van der Waals surface area (Å²) in [6.07, 6.45) is 2.92. The van der Waals surface area contributed by atoms with Crippen LogP contribution in [0.4, 0.5) is 0 Å². The Morgan fingerprint density at radius 2 is 2.00 bits per heavy atom. The lowest BCUT2D eigenvalue weighted by Crippen LogP contribution is -2.20. The quantitative estimate of drug-likeness (QED) is 0.550. The second-order valence-corrected chi connectivity index (χ2v) is 3.93. The Bertz CT molecular complexity index is 258. The summed E-state index contributed by atoms with van der Waals surface area (Å²) in [4.78, 5) is 10.3. The molecule has 3 N–H and O–H groups in total. The highest BCUT2D eigenvalue weighted by molar-refractivity contribution is 5.67. The molecule has 4 heteroatoms. The highest BCUT2D eigenvalue weighted by atomic mass is 16.4. The molecule has 0 aromatic carbocycles. The average molecular weight is 228 g/mol. The molecular formula is C12H20O4. The van der Waals surface area contributed by atoms with Crippen LogP contribution in [0.25, 0.3) is 0 Å². The molecule has 0 saturated carbocycles. The minimum absolute atomic E-state index is 0.105. The number of hydrogen-bond acceptors (Lipinski definition) is 3. The molecule has 0 rings (SSSR count). The van der Waals surface area contributed by atoms with Gasteiger partial charge in [0.05, 0.1) is 18.6 Å². The fraction of sp³-hybridized carbons (Fsp3) is 0.583. The van der Waals surface area contributed by atoms with Gasteiger partial charge in [-0.15, -0.1) is 0 Å². The molecule has 0 saturated heterocycles. The molecule has 4 nitrogen and oxygen atoms in total. The Labute approximate surface area is 95.9 Å². The van der Waals surface area contributed by atoms with Gasteiger partial charge in [0.15, 0.2) is 0 Å². The van der Waals surface area contributed by atoms with E-state index in [-0.39, 0.29) is 12.8 Å². The number of hydrogen-bond donors (Lipinski definition) is 3. The van der Waals surface area contributed by atoms with Gasteiger partial charge < -0.3 is 15.3 Å². The van der Waals surface area contributed by atoms with Crippen molar-refractivity contribution >= 4 is 5.97 Å². The molecule has 2 atom stereocenters. The third kappa shape index (κ3) is 8.20. The van der Waals surface area contributed by atoms with Crippen LogP contribution in [0, 0.1) is 0 Å². The van der Waals surface area contributed by atoms with E-state index in [1.54, 1.807) is 6.08 Å². The first kappa shape index (κ1) is 14.9. The van der Waals surface area contributed by atoms with Gasteiger partial charge in [0.25, 0.3) is 0 Å². The van der Waals surface area contributed by atoms with Gasteiger partial charge in [0.2, 0.25) is 0 Å². The number of rotatable bonds is 8. The predicted octanol–water partition coefficient (Wildman–Crippen LogP) is 1.49. The summed E-state index contributed by atoms with van der Waals surface area (Å²) in [6, 6.07) is 0. The molecule has 0 bridgehead atoms. The van der Waals surface area contributed by atoms with Crippen molar-refractivity contribution in [2.45, 2.75) is 44.8 Å². The minimum Gasteiger partial charge on any atom is -0.481 e. The van der Waals surface area contributed by atoms with Crippen LogP contribution in [0.1, 0.15) is 32.6 Å². The highest BCUT2D eigenvalue weighted by Crippen LogP contribution is 2.12. The number of allylic oxidation sites excluding steroid dienone is 3. The van der Waals surface area contributed by atoms with E-state index < -0.39 is 18.2 Å². The fourth-order valence-corrected chi connectivity index (χ4v) is 1.40. The number of aliphatic hydroxyl groups excluding tert-OH is 2. The first-order valence-electron chi connectivity index (χ1n) is 5.31. The molecular weight excluding hydrogens is 208 g/mol. The van der Waals surface area contributed by atoms with Crippen LogP contribution in [0.2, 0.25) is 0 Å². The van der Waals surface area contributed by atoms with Crippen molar-refractivity contribution in [3.8, 4) is 0 Å². The Kier molecular flexibility index (Phi) is 7.50. The molecule has 2 unspecified atom stereocenters. The third-order valence-corrected chi connectivity index (χ3v) is 2.23. The van der Waals surface area contributed by atoms with Crippen molar-refractivity contribution in [1.82, 2.24) is 0 Å². The van der Waals surface area contributed by atoms with Crippen LogP contribution in [0.3, 0.4) is 0 Å². The van der Waals surface area contributed by atoms with Crippen molar-refractivity contribution in [3.63, 3.8) is 0 Å². The van der Waals surface area contributed by atoms with Crippen LogP contribution < -0.4 is 0 Å². The molecule has 0 spiro atoms. The van der Waals surface area contributed by atoms with E-state index in [1.807, 2.05) is 13.0 Å². The van der Waals surface area contributed by atoms with Gasteiger partial charge >= 0.3 is 5.97 Å². The van der Waals surface area contributed by atoms with E-state index >= 15 is 0 Å². The van der Waals surface area contributed by atoms with Gasteiger partial charge in [-0.3, -0.25) is 4.79 Å². The SMILES string of the molecule is C=C/C=C(\C)CCC(O)CC(O)CC(=O)O. The summed E-state index contributed by atoms with van der Waals surface area (Å²) >= 11 is 0. The first-order valence-corrected chi connectivity index (χ1v) is 5.31.